The van der Waals surface area contributed by atoms with Crippen LogP contribution in [0, 0.1) is 0 Å². The minimum Gasteiger partial charge on any atom is -0.467 e. The van der Waals surface area contributed by atoms with Crippen molar-refractivity contribution in [1.82, 2.24) is 9.97 Å². The summed E-state index contributed by atoms with van der Waals surface area (Å²) >= 11 is 0. The normalized spacial score (nSPS) is 14.3. The first kappa shape index (κ1) is 16.1. The van der Waals surface area contributed by atoms with Crippen LogP contribution in [0.1, 0.15) is 32.4 Å². The second-order valence-electron chi connectivity index (χ2n) is 6.18. The summed E-state index contributed by atoms with van der Waals surface area (Å²) in [5, 5.41) is 0.184. The predicted octanol–water partition coefficient (Wildman–Crippen LogP) is 2.51. The van der Waals surface area contributed by atoms with Crippen LogP contribution in [0.2, 0.25) is 18.1 Å². The van der Waals surface area contributed by atoms with Gasteiger partial charge in [0.25, 0.3) is 0 Å². The smallest absolute Gasteiger partial charge is 0.316 e. The lowest BCUT2D eigenvalue weighted by Crippen LogP contribution is -2.42. The highest BCUT2D eigenvalue weighted by Gasteiger charge is 2.37. The second-order valence-corrected chi connectivity index (χ2v) is 11.0. The van der Waals surface area contributed by atoms with E-state index in [0.717, 1.165) is 5.56 Å². The minimum atomic E-state index is -1.76. The van der Waals surface area contributed by atoms with Crippen molar-refractivity contribution in [3.8, 4) is 6.01 Å². The van der Waals surface area contributed by atoms with Crippen molar-refractivity contribution in [3.63, 3.8) is 0 Å². The Labute approximate surface area is 116 Å². The molecule has 0 fully saturated rings. The average Bonchev–Trinajstić information content (AvgIpc) is 2.35. The van der Waals surface area contributed by atoms with Gasteiger partial charge < -0.3 is 14.9 Å². The zero-order chi connectivity index (χ0) is 14.7. The van der Waals surface area contributed by atoms with Crippen LogP contribution in [0.15, 0.2) is 12.4 Å². The lowest BCUT2D eigenvalue weighted by molar-refractivity contribution is 0.264. The summed E-state index contributed by atoms with van der Waals surface area (Å²) < 4.78 is 11.0. The molecule has 5 nitrogen and oxygen atoms in total. The number of nitrogens with zero attached hydrogens (tertiary/aromatic N) is 2. The quantitative estimate of drug-likeness (QED) is 0.841. The van der Waals surface area contributed by atoms with E-state index in [1.54, 1.807) is 12.4 Å². The van der Waals surface area contributed by atoms with Gasteiger partial charge in [-0.1, -0.05) is 20.8 Å². The molecular formula is C13H25N3O2Si. The summed E-state index contributed by atoms with van der Waals surface area (Å²) in [7, 11) is -0.227. The van der Waals surface area contributed by atoms with Crippen LogP contribution in [-0.2, 0) is 4.43 Å². The van der Waals surface area contributed by atoms with Crippen LogP contribution >= 0.6 is 0 Å². The van der Waals surface area contributed by atoms with Crippen LogP contribution < -0.4 is 10.5 Å². The fourth-order valence-corrected chi connectivity index (χ4v) is 2.26. The first-order chi connectivity index (χ1) is 8.67. The highest BCUT2D eigenvalue weighted by molar-refractivity contribution is 6.74. The molecule has 0 bridgehead atoms. The molecule has 0 aliphatic carbocycles. The molecule has 0 saturated heterocycles. The van der Waals surface area contributed by atoms with E-state index in [1.165, 1.54) is 7.11 Å². The van der Waals surface area contributed by atoms with Crippen molar-refractivity contribution in [1.29, 1.82) is 0 Å². The zero-order valence-corrected chi connectivity index (χ0v) is 13.7. The fourth-order valence-electron chi connectivity index (χ4n) is 1.23. The zero-order valence-electron chi connectivity index (χ0n) is 12.7. The summed E-state index contributed by atoms with van der Waals surface area (Å²) in [6.07, 6.45) is 3.37. The number of methoxy groups -OCH3 is 1. The molecule has 108 valence electrons. The maximum absolute atomic E-state index is 6.11. The molecule has 0 aliphatic rings. The van der Waals surface area contributed by atoms with E-state index < -0.39 is 8.32 Å². The number of aromatic nitrogens is 2. The molecule has 0 aromatic carbocycles. The van der Waals surface area contributed by atoms with E-state index in [1.807, 2.05) is 0 Å². The van der Waals surface area contributed by atoms with E-state index in [0.29, 0.717) is 12.6 Å². The number of hydrogen-bond acceptors (Lipinski definition) is 5. The predicted molar refractivity (Wildman–Crippen MR) is 78.7 cm³/mol. The Kier molecular flexibility index (Phi) is 5.06. The third-order valence-electron chi connectivity index (χ3n) is 3.69. The van der Waals surface area contributed by atoms with Gasteiger partial charge >= 0.3 is 6.01 Å². The van der Waals surface area contributed by atoms with Gasteiger partial charge in [0.2, 0.25) is 0 Å². The van der Waals surface area contributed by atoms with E-state index in [-0.39, 0.29) is 11.1 Å². The summed E-state index contributed by atoms with van der Waals surface area (Å²) in [5.41, 5.74) is 6.97. The number of nitrogens with two attached hydrogens (primary N) is 1. The standard InChI is InChI=1S/C13H25N3O2Si/c1-13(2,3)19(5,6)18-9-11(14)10-7-15-12(17-4)16-8-10/h7-8,11H,9,14H2,1-6H3. The van der Waals surface area contributed by atoms with Gasteiger partial charge in [-0.2, -0.15) is 0 Å². The van der Waals surface area contributed by atoms with Crippen LogP contribution in [0.3, 0.4) is 0 Å². The van der Waals surface area contributed by atoms with Crippen LogP contribution in [0.5, 0.6) is 6.01 Å². The van der Waals surface area contributed by atoms with Gasteiger partial charge in [-0.3, -0.25) is 0 Å². The Morgan fingerprint density at radius 3 is 2.21 bits per heavy atom. The monoisotopic (exact) mass is 283 g/mol. The van der Waals surface area contributed by atoms with Crippen molar-refractivity contribution in [2.45, 2.75) is 44.9 Å². The summed E-state index contributed by atoms with van der Waals surface area (Å²) in [6, 6.07) is 0.140. The van der Waals surface area contributed by atoms with Crippen molar-refractivity contribution in [3.05, 3.63) is 18.0 Å². The first-order valence-corrected chi connectivity index (χ1v) is 9.33. The summed E-state index contributed by atoms with van der Waals surface area (Å²) in [4.78, 5) is 8.11. The molecule has 2 N–H and O–H groups in total. The third-order valence-corrected chi connectivity index (χ3v) is 8.19. The molecule has 6 heteroatoms. The molecule has 0 saturated carbocycles. The third kappa shape index (κ3) is 4.26. The first-order valence-electron chi connectivity index (χ1n) is 6.43. The second kappa shape index (κ2) is 5.98. The molecule has 0 aliphatic heterocycles. The minimum absolute atomic E-state index is 0.184. The SMILES string of the molecule is COc1ncc(C(N)CO[Si](C)(C)C(C)(C)C)cn1. The Morgan fingerprint density at radius 1 is 1.26 bits per heavy atom. The molecule has 0 spiro atoms. The van der Waals surface area contributed by atoms with Gasteiger partial charge in [0.05, 0.1) is 19.8 Å². The van der Waals surface area contributed by atoms with Crippen LogP contribution in [0.4, 0.5) is 0 Å². The molecule has 19 heavy (non-hydrogen) atoms. The van der Waals surface area contributed by atoms with Gasteiger partial charge in [-0.15, -0.1) is 0 Å². The van der Waals surface area contributed by atoms with Gasteiger partial charge in [0.1, 0.15) is 0 Å². The molecular weight excluding hydrogens is 258 g/mol. The van der Waals surface area contributed by atoms with Crippen LogP contribution in [-0.4, -0.2) is 32.0 Å². The Balaban J connectivity index is 2.62. The number of rotatable bonds is 5. The van der Waals surface area contributed by atoms with E-state index in [2.05, 4.69) is 43.8 Å². The summed E-state index contributed by atoms with van der Waals surface area (Å²) in [6.45, 7) is 11.5. The Hall–Kier alpha value is -0.983. The fraction of sp³-hybridized carbons (Fsp3) is 0.692. The van der Waals surface area contributed by atoms with Gasteiger partial charge in [-0.05, 0) is 18.1 Å². The number of ether oxygens (including phenoxy) is 1. The molecule has 0 radical (unpaired) electrons. The van der Waals surface area contributed by atoms with Crippen molar-refractivity contribution < 1.29 is 9.16 Å². The van der Waals surface area contributed by atoms with E-state index in [4.69, 9.17) is 14.9 Å². The highest BCUT2D eigenvalue weighted by Crippen LogP contribution is 2.36. The molecule has 0 amide bonds. The molecule has 1 aromatic rings. The molecule has 1 heterocycles. The maximum Gasteiger partial charge on any atom is 0.316 e. The number of hydrogen-bond donors (Lipinski definition) is 1. The Bertz CT molecular complexity index is 401. The van der Waals surface area contributed by atoms with Crippen molar-refractivity contribution >= 4 is 8.32 Å². The topological polar surface area (TPSA) is 70.3 Å². The molecule has 1 aromatic heterocycles. The Morgan fingerprint density at radius 2 is 1.79 bits per heavy atom. The lowest BCUT2D eigenvalue weighted by atomic mass is 10.2. The van der Waals surface area contributed by atoms with Gasteiger partial charge in [0, 0.05) is 18.0 Å². The summed E-state index contributed by atoms with van der Waals surface area (Å²) in [5.74, 6) is 0. The van der Waals surface area contributed by atoms with E-state index in [9.17, 15) is 0 Å². The van der Waals surface area contributed by atoms with Crippen LogP contribution in [0.25, 0.3) is 0 Å². The molecule has 1 atom stereocenters. The molecule has 1 rings (SSSR count). The van der Waals surface area contributed by atoms with Crippen molar-refractivity contribution in [2.24, 2.45) is 5.73 Å². The van der Waals surface area contributed by atoms with E-state index >= 15 is 0 Å². The highest BCUT2D eigenvalue weighted by atomic mass is 28.4. The van der Waals surface area contributed by atoms with Crippen molar-refractivity contribution in [2.75, 3.05) is 13.7 Å². The van der Waals surface area contributed by atoms with Gasteiger partial charge in [-0.25, -0.2) is 9.97 Å². The maximum atomic E-state index is 6.11. The lowest BCUT2D eigenvalue weighted by Gasteiger charge is -2.36. The molecule has 1 unspecified atom stereocenters. The average molecular weight is 283 g/mol. The largest absolute Gasteiger partial charge is 0.467 e. The van der Waals surface area contributed by atoms with Gasteiger partial charge in [0.15, 0.2) is 8.32 Å².